The molecule has 0 unspecified atom stereocenters. The second-order valence-electron chi connectivity index (χ2n) is 7.85. The molecule has 0 aliphatic carbocycles. The molecule has 0 N–H and O–H groups in total. The zero-order valence-electron chi connectivity index (χ0n) is 15.4. The van der Waals surface area contributed by atoms with Crippen molar-refractivity contribution in [3.05, 3.63) is 34.3 Å². The maximum absolute atomic E-state index is 12.7. The van der Waals surface area contributed by atoms with Gasteiger partial charge in [0.05, 0.1) is 12.1 Å². The first kappa shape index (κ1) is 19.3. The number of aryl methyl sites for hydroxylation is 1. The second kappa shape index (κ2) is 7.04. The van der Waals surface area contributed by atoms with Gasteiger partial charge >= 0.3 is 6.09 Å². The number of nitrogens with zero attached hydrogens (tertiary/aromatic N) is 1. The fraction of sp³-hybridized carbons (Fsp3) is 0.632. The summed E-state index contributed by atoms with van der Waals surface area (Å²) in [5, 5.41) is 0. The zero-order valence-corrected chi connectivity index (χ0v) is 17.0. The lowest BCUT2D eigenvalue weighted by molar-refractivity contribution is -0.0757. The van der Waals surface area contributed by atoms with E-state index in [9.17, 15) is 4.79 Å². The molecule has 0 saturated carbocycles. The summed E-state index contributed by atoms with van der Waals surface area (Å²) in [7, 11) is 0. The van der Waals surface area contributed by atoms with Crippen molar-refractivity contribution in [2.24, 2.45) is 0 Å². The van der Waals surface area contributed by atoms with Crippen LogP contribution in [0.4, 0.5) is 4.79 Å². The van der Waals surface area contributed by atoms with Gasteiger partial charge < -0.3 is 9.47 Å². The highest BCUT2D eigenvalue weighted by atomic mass is 79.9. The Bertz CT molecular complexity index is 577. The van der Waals surface area contributed by atoms with Crippen LogP contribution < -0.4 is 0 Å². The number of carbonyl (C=O) groups excluding carboxylic acids is 1. The van der Waals surface area contributed by atoms with Crippen molar-refractivity contribution in [1.29, 1.82) is 0 Å². The number of benzene rings is 1. The minimum Gasteiger partial charge on any atom is -0.444 e. The van der Waals surface area contributed by atoms with E-state index >= 15 is 0 Å². The molecule has 4 nitrogen and oxygen atoms in total. The van der Waals surface area contributed by atoms with Gasteiger partial charge in [-0.25, -0.2) is 4.79 Å². The van der Waals surface area contributed by atoms with Gasteiger partial charge in [-0.15, -0.1) is 0 Å². The summed E-state index contributed by atoms with van der Waals surface area (Å²) >= 11 is 3.45. The van der Waals surface area contributed by atoms with E-state index in [0.29, 0.717) is 0 Å². The second-order valence-corrected chi connectivity index (χ2v) is 8.77. The fourth-order valence-electron chi connectivity index (χ4n) is 3.20. The molecule has 0 spiro atoms. The lowest BCUT2D eigenvalue weighted by Crippen LogP contribution is -2.50. The molecule has 1 aromatic carbocycles. The molecule has 2 rings (SSSR count). The normalized spacial score (nSPS) is 23.4. The Kier molecular flexibility index (Phi) is 5.65. The standard InChI is InChI=1S/C19H28BrNO3/c1-13-16(12-9-14-7-10-15(20)11-8-14)21(19(5,6)23-13)17(22)24-18(2,3)4/h7-8,10-11,13,16H,9,12H2,1-6H3/t13-,16-/m0/s1. The lowest BCUT2D eigenvalue weighted by Gasteiger charge is -2.35. The maximum atomic E-state index is 12.7. The molecule has 24 heavy (non-hydrogen) atoms. The average molecular weight is 398 g/mol. The van der Waals surface area contributed by atoms with Crippen molar-refractivity contribution in [3.63, 3.8) is 0 Å². The molecule has 0 radical (unpaired) electrons. The molecule has 2 atom stereocenters. The van der Waals surface area contributed by atoms with Gasteiger partial charge in [-0.3, -0.25) is 4.90 Å². The molecular formula is C19H28BrNO3. The minimum absolute atomic E-state index is 0.00139. The zero-order chi connectivity index (χ0) is 18.1. The summed E-state index contributed by atoms with van der Waals surface area (Å²) in [4.78, 5) is 14.5. The van der Waals surface area contributed by atoms with E-state index in [-0.39, 0.29) is 18.2 Å². The van der Waals surface area contributed by atoms with Gasteiger partial charge in [0, 0.05) is 4.47 Å². The molecule has 1 aliphatic heterocycles. The maximum Gasteiger partial charge on any atom is 0.412 e. The summed E-state index contributed by atoms with van der Waals surface area (Å²) < 4.78 is 12.7. The average Bonchev–Trinajstić information content (AvgIpc) is 2.65. The highest BCUT2D eigenvalue weighted by Gasteiger charge is 2.49. The Morgan fingerprint density at radius 3 is 2.42 bits per heavy atom. The monoisotopic (exact) mass is 397 g/mol. The van der Waals surface area contributed by atoms with Crippen molar-refractivity contribution in [3.8, 4) is 0 Å². The van der Waals surface area contributed by atoms with Crippen molar-refractivity contribution in [2.45, 2.75) is 77.9 Å². The molecule has 1 heterocycles. The number of amides is 1. The number of hydrogen-bond donors (Lipinski definition) is 0. The van der Waals surface area contributed by atoms with Gasteiger partial charge in [0.15, 0.2) is 0 Å². The van der Waals surface area contributed by atoms with Gasteiger partial charge in [0.1, 0.15) is 11.3 Å². The predicted octanol–water partition coefficient (Wildman–Crippen LogP) is 5.14. The van der Waals surface area contributed by atoms with E-state index in [1.807, 2.05) is 53.7 Å². The Labute approximate surface area is 153 Å². The molecule has 5 heteroatoms. The summed E-state index contributed by atoms with van der Waals surface area (Å²) in [6.07, 6.45) is 1.40. The third kappa shape index (κ3) is 4.73. The summed E-state index contributed by atoms with van der Waals surface area (Å²) in [5.41, 5.74) is 0.0701. The van der Waals surface area contributed by atoms with Crippen LogP contribution in [0.15, 0.2) is 28.7 Å². The number of rotatable bonds is 3. The Balaban J connectivity index is 2.12. The van der Waals surface area contributed by atoms with Crippen LogP contribution in [0.25, 0.3) is 0 Å². The van der Waals surface area contributed by atoms with E-state index in [1.54, 1.807) is 4.90 Å². The third-order valence-corrected chi connectivity index (χ3v) is 4.69. The topological polar surface area (TPSA) is 38.8 Å². The van der Waals surface area contributed by atoms with Crippen molar-refractivity contribution in [1.82, 2.24) is 4.90 Å². The summed E-state index contributed by atoms with van der Waals surface area (Å²) in [6, 6.07) is 8.29. The third-order valence-electron chi connectivity index (χ3n) is 4.16. The molecular weight excluding hydrogens is 370 g/mol. The molecule has 1 aromatic rings. The van der Waals surface area contributed by atoms with Crippen LogP contribution in [-0.2, 0) is 15.9 Å². The highest BCUT2D eigenvalue weighted by molar-refractivity contribution is 9.10. The number of hydrogen-bond acceptors (Lipinski definition) is 3. The summed E-state index contributed by atoms with van der Waals surface area (Å²) in [6.45, 7) is 11.5. The summed E-state index contributed by atoms with van der Waals surface area (Å²) in [5.74, 6) is 0. The number of halogens is 1. The van der Waals surface area contributed by atoms with Crippen molar-refractivity contribution >= 4 is 22.0 Å². The molecule has 0 aromatic heterocycles. The number of ether oxygens (including phenoxy) is 2. The molecule has 1 aliphatic rings. The van der Waals surface area contributed by atoms with Crippen molar-refractivity contribution < 1.29 is 14.3 Å². The van der Waals surface area contributed by atoms with E-state index in [0.717, 1.165) is 17.3 Å². The SMILES string of the molecule is C[C@@H]1OC(C)(C)N(C(=O)OC(C)(C)C)[C@H]1CCc1ccc(Br)cc1. The predicted molar refractivity (Wildman–Crippen MR) is 99.0 cm³/mol. The first-order valence-corrected chi connectivity index (χ1v) is 9.23. The van der Waals surface area contributed by atoms with Crippen LogP contribution in [0, 0.1) is 0 Å². The van der Waals surface area contributed by atoms with Crippen LogP contribution in [0.1, 0.15) is 53.5 Å². The van der Waals surface area contributed by atoms with Gasteiger partial charge in [-0.05, 0) is 72.1 Å². The highest BCUT2D eigenvalue weighted by Crippen LogP contribution is 2.35. The quantitative estimate of drug-likeness (QED) is 0.708. The molecule has 0 bridgehead atoms. The molecule has 1 fully saturated rings. The van der Waals surface area contributed by atoms with Gasteiger partial charge in [0.2, 0.25) is 0 Å². The molecule has 1 amide bonds. The molecule has 1 saturated heterocycles. The Morgan fingerprint density at radius 1 is 1.29 bits per heavy atom. The van der Waals surface area contributed by atoms with E-state index in [2.05, 4.69) is 28.1 Å². The van der Waals surface area contributed by atoms with Crippen LogP contribution >= 0.6 is 15.9 Å². The lowest BCUT2D eigenvalue weighted by atomic mass is 10.0. The van der Waals surface area contributed by atoms with E-state index < -0.39 is 11.3 Å². The smallest absolute Gasteiger partial charge is 0.412 e. The first-order chi connectivity index (χ1) is 11.0. The minimum atomic E-state index is -0.661. The fourth-order valence-corrected chi connectivity index (χ4v) is 3.46. The van der Waals surface area contributed by atoms with Crippen LogP contribution in [0.2, 0.25) is 0 Å². The van der Waals surface area contributed by atoms with Gasteiger partial charge in [-0.1, -0.05) is 28.1 Å². The largest absolute Gasteiger partial charge is 0.444 e. The van der Waals surface area contributed by atoms with E-state index in [4.69, 9.17) is 9.47 Å². The van der Waals surface area contributed by atoms with Crippen LogP contribution in [0.5, 0.6) is 0 Å². The van der Waals surface area contributed by atoms with Gasteiger partial charge in [0.25, 0.3) is 0 Å². The first-order valence-electron chi connectivity index (χ1n) is 8.44. The Hall–Kier alpha value is -1.07. The van der Waals surface area contributed by atoms with E-state index in [1.165, 1.54) is 5.56 Å². The van der Waals surface area contributed by atoms with Gasteiger partial charge in [-0.2, -0.15) is 0 Å². The van der Waals surface area contributed by atoms with Crippen LogP contribution in [-0.4, -0.2) is 34.5 Å². The Morgan fingerprint density at radius 2 is 1.88 bits per heavy atom. The van der Waals surface area contributed by atoms with Crippen molar-refractivity contribution in [2.75, 3.05) is 0 Å². The van der Waals surface area contributed by atoms with Crippen LogP contribution in [0.3, 0.4) is 0 Å². The molecule has 134 valence electrons. The number of carbonyl (C=O) groups is 1.